The van der Waals surface area contributed by atoms with Crippen molar-refractivity contribution >= 4 is 17.5 Å². The van der Waals surface area contributed by atoms with Gasteiger partial charge in [-0.3, -0.25) is 14.4 Å². The number of aliphatic hydroxyl groups excluding tert-OH is 1. The SMILES string of the molecule is CCN(CCO)C(=O)C12CCC(C)(C(=O)C1=O)C2(C)C. The molecular formula is C15H23NO4. The number of nitrogens with zero attached hydrogens (tertiary/aromatic N) is 1. The van der Waals surface area contributed by atoms with Gasteiger partial charge in [0.1, 0.15) is 5.41 Å². The molecule has 1 N–H and O–H groups in total. The number of aliphatic hydroxyl groups is 1. The molecule has 5 heteroatoms. The number of likely N-dealkylation sites (N-methyl/N-ethyl adjacent to an activating group) is 1. The maximum atomic E-state index is 12.9. The number of Topliss-reactive ketones (excluding diaryl/α,β-unsaturated/α-hetero) is 2. The van der Waals surface area contributed by atoms with Gasteiger partial charge in [-0.1, -0.05) is 20.8 Å². The van der Waals surface area contributed by atoms with Crippen LogP contribution in [0, 0.1) is 16.2 Å². The van der Waals surface area contributed by atoms with E-state index in [0.29, 0.717) is 19.4 Å². The smallest absolute Gasteiger partial charge is 0.237 e. The molecule has 0 heterocycles. The molecule has 2 fully saturated rings. The van der Waals surface area contributed by atoms with Crippen LogP contribution in [-0.4, -0.2) is 47.2 Å². The van der Waals surface area contributed by atoms with E-state index in [4.69, 9.17) is 5.11 Å². The molecule has 0 aromatic carbocycles. The highest BCUT2D eigenvalue weighted by Crippen LogP contribution is 2.69. The molecule has 2 rings (SSSR count). The van der Waals surface area contributed by atoms with E-state index in [1.165, 1.54) is 4.90 Å². The number of hydrogen-bond acceptors (Lipinski definition) is 4. The van der Waals surface area contributed by atoms with E-state index >= 15 is 0 Å². The second-order valence-corrected chi connectivity index (χ2v) is 6.63. The van der Waals surface area contributed by atoms with Crippen LogP contribution in [0.25, 0.3) is 0 Å². The van der Waals surface area contributed by atoms with Gasteiger partial charge in [0.25, 0.3) is 0 Å². The molecule has 2 aliphatic carbocycles. The Morgan fingerprint density at radius 1 is 1.20 bits per heavy atom. The van der Waals surface area contributed by atoms with Crippen molar-refractivity contribution in [2.24, 2.45) is 16.2 Å². The van der Waals surface area contributed by atoms with Gasteiger partial charge in [-0.05, 0) is 25.2 Å². The number of rotatable bonds is 4. The number of fused-ring (bicyclic) bond motifs is 2. The zero-order valence-electron chi connectivity index (χ0n) is 12.7. The molecule has 0 spiro atoms. The lowest BCUT2D eigenvalue weighted by atomic mass is 9.64. The molecule has 2 saturated carbocycles. The second kappa shape index (κ2) is 4.38. The Bertz CT molecular complexity index is 484. The zero-order valence-corrected chi connectivity index (χ0v) is 12.7. The molecule has 2 unspecified atom stereocenters. The lowest BCUT2D eigenvalue weighted by Crippen LogP contribution is -2.52. The highest BCUT2D eigenvalue weighted by atomic mass is 16.3. The lowest BCUT2D eigenvalue weighted by Gasteiger charge is -2.39. The topological polar surface area (TPSA) is 74.7 Å². The molecular weight excluding hydrogens is 258 g/mol. The molecule has 5 nitrogen and oxygen atoms in total. The number of carbonyl (C=O) groups is 3. The Morgan fingerprint density at radius 2 is 1.80 bits per heavy atom. The van der Waals surface area contributed by atoms with Gasteiger partial charge in [0.05, 0.1) is 6.61 Å². The molecule has 0 aromatic rings. The summed E-state index contributed by atoms with van der Waals surface area (Å²) in [6, 6.07) is 0. The first-order chi connectivity index (χ1) is 9.20. The molecule has 20 heavy (non-hydrogen) atoms. The van der Waals surface area contributed by atoms with E-state index < -0.39 is 27.8 Å². The van der Waals surface area contributed by atoms with Crippen molar-refractivity contribution in [3.8, 4) is 0 Å². The Morgan fingerprint density at radius 3 is 2.20 bits per heavy atom. The maximum absolute atomic E-state index is 12.9. The monoisotopic (exact) mass is 281 g/mol. The number of amides is 1. The van der Waals surface area contributed by atoms with E-state index in [0.717, 1.165) is 0 Å². The summed E-state index contributed by atoms with van der Waals surface area (Å²) in [5.41, 5.74) is -2.64. The van der Waals surface area contributed by atoms with Gasteiger partial charge in [0, 0.05) is 18.5 Å². The van der Waals surface area contributed by atoms with Gasteiger partial charge >= 0.3 is 0 Å². The van der Waals surface area contributed by atoms with E-state index in [1.807, 2.05) is 20.8 Å². The van der Waals surface area contributed by atoms with Crippen LogP contribution >= 0.6 is 0 Å². The third kappa shape index (κ3) is 1.39. The Labute approximate surface area is 119 Å². The summed E-state index contributed by atoms with van der Waals surface area (Å²) in [4.78, 5) is 39.2. The molecule has 0 aliphatic heterocycles. The molecule has 0 saturated heterocycles. The summed E-state index contributed by atoms with van der Waals surface area (Å²) in [6.07, 6.45) is 1.01. The molecule has 0 aromatic heterocycles. The maximum Gasteiger partial charge on any atom is 0.237 e. The van der Waals surface area contributed by atoms with Crippen LogP contribution < -0.4 is 0 Å². The van der Waals surface area contributed by atoms with Gasteiger partial charge in [-0.2, -0.15) is 0 Å². The molecule has 2 atom stereocenters. The number of carbonyl (C=O) groups excluding carboxylic acids is 3. The van der Waals surface area contributed by atoms with Crippen molar-refractivity contribution in [1.29, 1.82) is 0 Å². The van der Waals surface area contributed by atoms with E-state index in [2.05, 4.69) is 0 Å². The lowest BCUT2D eigenvalue weighted by molar-refractivity contribution is -0.155. The van der Waals surface area contributed by atoms with Gasteiger partial charge in [0.15, 0.2) is 0 Å². The van der Waals surface area contributed by atoms with Crippen LogP contribution in [-0.2, 0) is 14.4 Å². The van der Waals surface area contributed by atoms with Gasteiger partial charge in [-0.25, -0.2) is 0 Å². The minimum atomic E-state index is -1.23. The summed E-state index contributed by atoms with van der Waals surface area (Å²) in [5, 5.41) is 9.08. The van der Waals surface area contributed by atoms with Crippen molar-refractivity contribution in [2.45, 2.75) is 40.5 Å². The summed E-state index contributed by atoms with van der Waals surface area (Å²) in [7, 11) is 0. The fourth-order valence-corrected chi connectivity index (χ4v) is 4.04. The minimum Gasteiger partial charge on any atom is -0.395 e. The van der Waals surface area contributed by atoms with Gasteiger partial charge < -0.3 is 10.0 Å². The summed E-state index contributed by atoms with van der Waals surface area (Å²) < 4.78 is 0. The molecule has 1 amide bonds. The Kier molecular flexibility index (Phi) is 3.32. The predicted octanol–water partition coefficient (Wildman–Crippen LogP) is 0.792. The Hall–Kier alpha value is -1.23. The average molecular weight is 281 g/mol. The third-order valence-corrected chi connectivity index (χ3v) is 5.95. The molecule has 0 radical (unpaired) electrons. The van der Waals surface area contributed by atoms with Gasteiger partial charge in [-0.15, -0.1) is 0 Å². The van der Waals surface area contributed by atoms with Crippen molar-refractivity contribution in [3.63, 3.8) is 0 Å². The van der Waals surface area contributed by atoms with Crippen LogP contribution in [0.5, 0.6) is 0 Å². The van der Waals surface area contributed by atoms with E-state index in [1.54, 1.807) is 6.92 Å². The molecule has 112 valence electrons. The summed E-state index contributed by atoms with van der Waals surface area (Å²) in [6.45, 7) is 7.81. The fraction of sp³-hybridized carbons (Fsp3) is 0.800. The minimum absolute atomic E-state index is 0.143. The second-order valence-electron chi connectivity index (χ2n) is 6.63. The van der Waals surface area contributed by atoms with Crippen LogP contribution in [0.1, 0.15) is 40.5 Å². The number of ketones is 2. The molecule has 2 bridgehead atoms. The first kappa shape index (κ1) is 15.2. The first-order valence-corrected chi connectivity index (χ1v) is 7.20. The number of hydrogen-bond donors (Lipinski definition) is 1. The van der Waals surface area contributed by atoms with E-state index in [-0.39, 0.29) is 19.1 Å². The normalized spacial score (nSPS) is 34.6. The van der Waals surface area contributed by atoms with Crippen molar-refractivity contribution < 1.29 is 19.5 Å². The Balaban J connectivity index is 2.51. The van der Waals surface area contributed by atoms with Crippen LogP contribution in [0.4, 0.5) is 0 Å². The summed E-state index contributed by atoms with van der Waals surface area (Å²) in [5.74, 6) is -1.22. The zero-order chi connectivity index (χ0) is 15.3. The predicted molar refractivity (Wildman–Crippen MR) is 72.9 cm³/mol. The van der Waals surface area contributed by atoms with Crippen LogP contribution in [0.15, 0.2) is 0 Å². The largest absolute Gasteiger partial charge is 0.395 e. The van der Waals surface area contributed by atoms with Crippen molar-refractivity contribution in [3.05, 3.63) is 0 Å². The van der Waals surface area contributed by atoms with Gasteiger partial charge in [0.2, 0.25) is 17.5 Å². The van der Waals surface area contributed by atoms with Crippen LogP contribution in [0.3, 0.4) is 0 Å². The standard InChI is InChI=1S/C15H23NO4/c1-5-16(8-9-17)12(20)15-7-6-14(4,13(15,2)3)10(18)11(15)19/h17H,5-9H2,1-4H3. The van der Waals surface area contributed by atoms with Crippen molar-refractivity contribution in [1.82, 2.24) is 4.90 Å². The van der Waals surface area contributed by atoms with Crippen molar-refractivity contribution in [2.75, 3.05) is 19.7 Å². The summed E-state index contributed by atoms with van der Waals surface area (Å²) >= 11 is 0. The highest BCUT2D eigenvalue weighted by Gasteiger charge is 2.78. The fourth-order valence-electron chi connectivity index (χ4n) is 4.04. The van der Waals surface area contributed by atoms with E-state index in [9.17, 15) is 14.4 Å². The quantitative estimate of drug-likeness (QED) is 0.611. The average Bonchev–Trinajstić information content (AvgIpc) is 2.68. The van der Waals surface area contributed by atoms with Crippen LogP contribution in [0.2, 0.25) is 0 Å². The third-order valence-electron chi connectivity index (χ3n) is 5.95. The highest BCUT2D eigenvalue weighted by molar-refractivity contribution is 6.48. The first-order valence-electron chi connectivity index (χ1n) is 7.20. The molecule has 2 aliphatic rings.